The SMILES string of the molecule is C[C@@H](Sc1nc2cc(S(=O)(=O)N(C)C)ccc2o1)C(=O)Nc1cc(Cl)ccc1Cl. The van der Waals surface area contributed by atoms with E-state index in [1.165, 1.54) is 26.2 Å². The molecule has 0 saturated carbocycles. The minimum absolute atomic E-state index is 0.112. The molecule has 3 rings (SSSR count). The van der Waals surface area contributed by atoms with Crippen LogP contribution in [-0.2, 0) is 14.8 Å². The number of thioether (sulfide) groups is 1. The number of nitrogens with zero attached hydrogens (tertiary/aromatic N) is 2. The van der Waals surface area contributed by atoms with Crippen molar-refractivity contribution in [1.29, 1.82) is 0 Å². The summed E-state index contributed by atoms with van der Waals surface area (Å²) in [7, 11) is -0.671. The number of fused-ring (bicyclic) bond motifs is 1. The van der Waals surface area contributed by atoms with Gasteiger partial charge in [-0.1, -0.05) is 35.0 Å². The predicted octanol–water partition coefficient (Wildman–Crippen LogP) is 4.50. The van der Waals surface area contributed by atoms with Crippen molar-refractivity contribution >= 4 is 67.7 Å². The van der Waals surface area contributed by atoms with E-state index < -0.39 is 15.3 Å². The number of halogens is 2. The summed E-state index contributed by atoms with van der Waals surface area (Å²) in [4.78, 5) is 16.9. The number of sulfonamides is 1. The largest absolute Gasteiger partial charge is 0.431 e. The Morgan fingerprint density at radius 1 is 1.21 bits per heavy atom. The number of hydrogen-bond donors (Lipinski definition) is 1. The van der Waals surface area contributed by atoms with Crippen molar-refractivity contribution in [2.24, 2.45) is 0 Å². The zero-order valence-electron chi connectivity index (χ0n) is 15.6. The first kappa shape index (κ1) is 21.9. The number of anilines is 1. The molecule has 0 fully saturated rings. The molecule has 11 heteroatoms. The Kier molecular flexibility index (Phi) is 6.45. The molecule has 1 atom stereocenters. The van der Waals surface area contributed by atoms with Crippen LogP contribution in [0.1, 0.15) is 6.92 Å². The number of carbonyl (C=O) groups is 1. The highest BCUT2D eigenvalue weighted by Crippen LogP contribution is 2.30. The topological polar surface area (TPSA) is 92.5 Å². The zero-order chi connectivity index (χ0) is 21.3. The summed E-state index contributed by atoms with van der Waals surface area (Å²) in [6, 6.07) is 9.21. The standard InChI is InChI=1S/C18H17Cl2N3O4S2/c1-10(17(24)21-14-8-11(19)4-6-13(14)20)28-18-22-15-9-12(5-7-16(15)27-18)29(25,26)23(2)3/h4-10H,1-3H3,(H,21,24)/t10-/m1/s1. The fourth-order valence-corrected chi connectivity index (χ4v) is 4.36. The van der Waals surface area contributed by atoms with Crippen LogP contribution in [0.25, 0.3) is 11.1 Å². The third kappa shape index (κ3) is 4.87. The van der Waals surface area contributed by atoms with Crippen molar-refractivity contribution in [3.05, 3.63) is 46.4 Å². The van der Waals surface area contributed by atoms with E-state index in [4.69, 9.17) is 27.6 Å². The monoisotopic (exact) mass is 473 g/mol. The van der Waals surface area contributed by atoms with Crippen molar-refractivity contribution in [1.82, 2.24) is 9.29 Å². The maximum atomic E-state index is 12.5. The van der Waals surface area contributed by atoms with Gasteiger partial charge in [-0.2, -0.15) is 0 Å². The van der Waals surface area contributed by atoms with Gasteiger partial charge in [-0.3, -0.25) is 4.79 Å². The minimum atomic E-state index is -3.58. The Morgan fingerprint density at radius 3 is 2.62 bits per heavy atom. The average Bonchev–Trinajstić information content (AvgIpc) is 3.05. The van der Waals surface area contributed by atoms with Crippen LogP contribution in [0.5, 0.6) is 0 Å². The van der Waals surface area contributed by atoms with E-state index >= 15 is 0 Å². The van der Waals surface area contributed by atoms with Crippen molar-refractivity contribution in [2.45, 2.75) is 22.3 Å². The number of oxazole rings is 1. The summed E-state index contributed by atoms with van der Waals surface area (Å²) in [5.74, 6) is -0.308. The quantitative estimate of drug-likeness (QED) is 0.529. The fourth-order valence-electron chi connectivity index (χ4n) is 2.34. The van der Waals surface area contributed by atoms with Crippen LogP contribution in [-0.4, -0.2) is 43.0 Å². The van der Waals surface area contributed by atoms with Gasteiger partial charge < -0.3 is 9.73 Å². The Balaban J connectivity index is 1.77. The first-order chi connectivity index (χ1) is 13.6. The first-order valence-corrected chi connectivity index (χ1v) is 11.4. The lowest BCUT2D eigenvalue weighted by Gasteiger charge is -2.11. The fraction of sp³-hybridized carbons (Fsp3) is 0.222. The first-order valence-electron chi connectivity index (χ1n) is 8.33. The average molecular weight is 474 g/mol. The molecule has 0 radical (unpaired) electrons. The maximum absolute atomic E-state index is 12.5. The highest BCUT2D eigenvalue weighted by molar-refractivity contribution is 8.00. The predicted molar refractivity (Wildman–Crippen MR) is 115 cm³/mol. The number of aromatic nitrogens is 1. The lowest BCUT2D eigenvalue weighted by molar-refractivity contribution is -0.115. The van der Waals surface area contributed by atoms with Crippen LogP contribution in [0, 0.1) is 0 Å². The lowest BCUT2D eigenvalue weighted by Crippen LogP contribution is -2.22. The third-order valence-corrected chi connectivity index (χ3v) is 7.27. The van der Waals surface area contributed by atoms with E-state index in [0.29, 0.717) is 26.8 Å². The molecular formula is C18H17Cl2N3O4S2. The highest BCUT2D eigenvalue weighted by Gasteiger charge is 2.21. The second-order valence-electron chi connectivity index (χ2n) is 6.27. The van der Waals surface area contributed by atoms with E-state index in [2.05, 4.69) is 10.3 Å². The van der Waals surface area contributed by atoms with E-state index in [1.54, 1.807) is 31.2 Å². The highest BCUT2D eigenvalue weighted by atomic mass is 35.5. The zero-order valence-corrected chi connectivity index (χ0v) is 18.8. The van der Waals surface area contributed by atoms with Crippen LogP contribution in [0.4, 0.5) is 5.69 Å². The van der Waals surface area contributed by atoms with Gasteiger partial charge in [0, 0.05) is 19.1 Å². The Hall–Kier alpha value is -1.78. The molecule has 0 saturated heterocycles. The summed E-state index contributed by atoms with van der Waals surface area (Å²) in [5, 5.41) is 3.24. The van der Waals surface area contributed by atoms with Gasteiger partial charge in [0.2, 0.25) is 15.9 Å². The van der Waals surface area contributed by atoms with Crippen LogP contribution in [0.2, 0.25) is 10.0 Å². The van der Waals surface area contributed by atoms with E-state index in [1.807, 2.05) is 0 Å². The summed E-state index contributed by atoms with van der Waals surface area (Å²) >= 11 is 13.1. The molecule has 0 unspecified atom stereocenters. The van der Waals surface area contributed by atoms with E-state index in [-0.39, 0.29) is 16.0 Å². The number of amides is 1. The molecule has 154 valence electrons. The summed E-state index contributed by atoms with van der Waals surface area (Å²) in [6.45, 7) is 1.69. The van der Waals surface area contributed by atoms with Crippen LogP contribution in [0.15, 0.2) is 50.9 Å². The van der Waals surface area contributed by atoms with Crippen molar-refractivity contribution in [3.8, 4) is 0 Å². The van der Waals surface area contributed by atoms with Gasteiger partial charge in [0.1, 0.15) is 5.52 Å². The van der Waals surface area contributed by atoms with Gasteiger partial charge in [0.05, 0.1) is 20.9 Å². The third-order valence-electron chi connectivity index (χ3n) is 3.95. The molecule has 0 spiro atoms. The molecule has 3 aromatic rings. The molecule has 1 N–H and O–H groups in total. The van der Waals surface area contributed by atoms with Crippen LogP contribution >= 0.6 is 35.0 Å². The summed E-state index contributed by atoms with van der Waals surface area (Å²) in [5.41, 5.74) is 1.23. The number of rotatable bonds is 6. The van der Waals surface area contributed by atoms with Crippen molar-refractivity contribution in [2.75, 3.05) is 19.4 Å². The summed E-state index contributed by atoms with van der Waals surface area (Å²) in [6.07, 6.45) is 0. The smallest absolute Gasteiger partial charge is 0.257 e. The van der Waals surface area contributed by atoms with E-state index in [9.17, 15) is 13.2 Å². The minimum Gasteiger partial charge on any atom is -0.431 e. The van der Waals surface area contributed by atoms with Crippen molar-refractivity contribution < 1.29 is 17.6 Å². The number of nitrogens with one attached hydrogen (secondary N) is 1. The molecule has 7 nitrogen and oxygen atoms in total. The van der Waals surface area contributed by atoms with Gasteiger partial charge >= 0.3 is 0 Å². The van der Waals surface area contributed by atoms with Gasteiger partial charge in [-0.15, -0.1) is 0 Å². The van der Waals surface area contributed by atoms with Gasteiger partial charge in [-0.05, 0) is 43.3 Å². The molecule has 29 heavy (non-hydrogen) atoms. The van der Waals surface area contributed by atoms with Crippen LogP contribution < -0.4 is 5.32 Å². The molecule has 1 aromatic heterocycles. The molecule has 1 amide bonds. The Labute approximate surface area is 182 Å². The Morgan fingerprint density at radius 2 is 1.93 bits per heavy atom. The molecule has 0 aliphatic heterocycles. The van der Waals surface area contributed by atoms with Gasteiger partial charge in [0.15, 0.2) is 5.58 Å². The number of hydrogen-bond acceptors (Lipinski definition) is 6. The maximum Gasteiger partial charge on any atom is 0.257 e. The number of carbonyl (C=O) groups excluding carboxylic acids is 1. The molecule has 0 aliphatic carbocycles. The van der Waals surface area contributed by atoms with Crippen LogP contribution in [0.3, 0.4) is 0 Å². The van der Waals surface area contributed by atoms with Crippen molar-refractivity contribution in [3.63, 3.8) is 0 Å². The summed E-state index contributed by atoms with van der Waals surface area (Å²) < 4.78 is 31.3. The molecule has 1 heterocycles. The molecule has 0 bridgehead atoms. The number of benzene rings is 2. The molecule has 0 aliphatic rings. The lowest BCUT2D eigenvalue weighted by atomic mass is 10.3. The second-order valence-corrected chi connectivity index (χ2v) is 10.6. The van der Waals surface area contributed by atoms with Gasteiger partial charge in [-0.25, -0.2) is 17.7 Å². The second kappa shape index (κ2) is 8.53. The van der Waals surface area contributed by atoms with Gasteiger partial charge in [0.25, 0.3) is 5.22 Å². The molecular weight excluding hydrogens is 457 g/mol. The Bertz CT molecular complexity index is 1180. The normalized spacial score (nSPS) is 13.0. The molecule has 2 aromatic carbocycles. The van der Waals surface area contributed by atoms with E-state index in [0.717, 1.165) is 16.1 Å².